The lowest BCUT2D eigenvalue weighted by atomic mass is 9.50. The first-order valence-corrected chi connectivity index (χ1v) is 18.5. The van der Waals surface area contributed by atoms with Crippen molar-refractivity contribution in [2.24, 2.45) is 11.3 Å². The molecule has 0 fully saturated rings. The Hall–Kier alpha value is -5.87. The van der Waals surface area contributed by atoms with Crippen LogP contribution in [0.25, 0.3) is 45.0 Å². The summed E-state index contributed by atoms with van der Waals surface area (Å²) in [5.74, 6) is 4.31. The largest absolute Gasteiger partial charge is 0.465 e. The molecule has 0 amide bonds. The van der Waals surface area contributed by atoms with Gasteiger partial charge in [0.25, 0.3) is 0 Å². The highest BCUT2D eigenvalue weighted by Crippen LogP contribution is 2.69. The number of aromatic nitrogens is 3. The van der Waals surface area contributed by atoms with Gasteiger partial charge in [0.1, 0.15) is 11.5 Å². The zero-order chi connectivity index (χ0) is 34.9. The molecule has 5 aliphatic rings. The van der Waals surface area contributed by atoms with E-state index in [2.05, 4.69) is 141 Å². The lowest BCUT2D eigenvalue weighted by molar-refractivity contribution is 0.0999. The van der Waals surface area contributed by atoms with E-state index in [9.17, 15) is 0 Å². The molecule has 0 saturated carbocycles. The number of fused-ring (bicyclic) bond motifs is 7. The molecule has 0 radical (unpaired) electrons. The Morgan fingerprint density at radius 3 is 2.15 bits per heavy atom. The minimum Gasteiger partial charge on any atom is -0.465 e. The van der Waals surface area contributed by atoms with Crippen molar-refractivity contribution in [1.29, 1.82) is 0 Å². The smallest absolute Gasteiger partial charge is 0.164 e. The summed E-state index contributed by atoms with van der Waals surface area (Å²) in [6.07, 6.45) is 17.7. The molecular formula is C48H39N3O. The first kappa shape index (κ1) is 30.9. The molecule has 2 heterocycles. The van der Waals surface area contributed by atoms with E-state index < -0.39 is 5.41 Å². The van der Waals surface area contributed by atoms with E-state index >= 15 is 0 Å². The summed E-state index contributed by atoms with van der Waals surface area (Å²) in [4.78, 5) is 15.8. The van der Waals surface area contributed by atoms with Crippen LogP contribution in [0.15, 0.2) is 168 Å². The lowest BCUT2D eigenvalue weighted by Crippen LogP contribution is -2.51. The van der Waals surface area contributed by atoms with E-state index in [1.165, 1.54) is 27.8 Å². The number of ether oxygens (including phenoxy) is 1. The maximum absolute atomic E-state index is 7.03. The molecule has 1 aliphatic heterocycles. The van der Waals surface area contributed by atoms with Gasteiger partial charge in [0.05, 0.1) is 5.41 Å². The van der Waals surface area contributed by atoms with Crippen molar-refractivity contribution in [3.63, 3.8) is 0 Å². The SMILES string of the molecule is CC1CC2=C(C=C1c1nc(-c3ccccc3)nc(-c3ccccc3-c3ccccc3)n1)C1(C3=C(CCC=C3)c3ccccc31)C1(C)CC=CC=C1O2. The molecule has 252 valence electrons. The average molecular weight is 674 g/mol. The second kappa shape index (κ2) is 11.8. The van der Waals surface area contributed by atoms with Gasteiger partial charge in [-0.05, 0) is 70.7 Å². The highest BCUT2D eigenvalue weighted by molar-refractivity contribution is 5.89. The maximum atomic E-state index is 7.03. The van der Waals surface area contributed by atoms with Gasteiger partial charge in [-0.3, -0.25) is 0 Å². The standard InChI is InChI=1S/C48H39N3O/c1-31-29-42-41(48(47(2)28-16-15-27-43(47)52-42)39-25-13-11-22-35(39)36-23-12-14-26-40(36)48)30-38(31)46-50-44(33-19-7-4-8-20-33)49-45(51-46)37-24-10-9-21-34(37)32-17-5-3-6-18-32/h3-11,13-22,24-27,30-31H,12,23,28-29H2,1-2H3. The van der Waals surface area contributed by atoms with Gasteiger partial charge < -0.3 is 4.74 Å². The van der Waals surface area contributed by atoms with Gasteiger partial charge in [0.15, 0.2) is 17.5 Å². The monoisotopic (exact) mass is 673 g/mol. The second-order valence-electron chi connectivity index (χ2n) is 14.9. The van der Waals surface area contributed by atoms with E-state index in [1.54, 1.807) is 0 Å². The molecule has 3 unspecified atom stereocenters. The predicted octanol–water partition coefficient (Wildman–Crippen LogP) is 11.5. The molecule has 4 nitrogen and oxygen atoms in total. The Balaban J connectivity index is 1.23. The minimum atomic E-state index is -0.413. The third-order valence-corrected chi connectivity index (χ3v) is 12.0. The normalized spacial score (nSPS) is 24.1. The Labute approximate surface area is 305 Å². The van der Waals surface area contributed by atoms with Gasteiger partial charge in [-0.1, -0.05) is 147 Å². The highest BCUT2D eigenvalue weighted by atomic mass is 16.5. The van der Waals surface area contributed by atoms with Crippen LogP contribution in [0.2, 0.25) is 0 Å². The van der Waals surface area contributed by atoms with E-state index in [4.69, 9.17) is 19.7 Å². The summed E-state index contributed by atoms with van der Waals surface area (Å²) in [7, 11) is 0. The van der Waals surface area contributed by atoms with Crippen LogP contribution < -0.4 is 0 Å². The number of benzene rings is 4. The highest BCUT2D eigenvalue weighted by Gasteiger charge is 2.63. The summed E-state index contributed by atoms with van der Waals surface area (Å²) < 4.78 is 7.03. The summed E-state index contributed by atoms with van der Waals surface area (Å²) in [6, 6.07) is 38.4. The lowest BCUT2D eigenvalue weighted by Gasteiger charge is -2.55. The zero-order valence-electron chi connectivity index (χ0n) is 29.5. The summed E-state index contributed by atoms with van der Waals surface area (Å²) in [5, 5.41) is 0. The van der Waals surface area contributed by atoms with Crippen molar-refractivity contribution in [1.82, 2.24) is 15.0 Å². The molecule has 4 heteroatoms. The van der Waals surface area contributed by atoms with Crippen molar-refractivity contribution in [2.75, 3.05) is 0 Å². The predicted molar refractivity (Wildman–Crippen MR) is 209 cm³/mol. The van der Waals surface area contributed by atoms with Gasteiger partial charge >= 0.3 is 0 Å². The number of allylic oxidation sites excluding steroid dienone is 12. The molecular weight excluding hydrogens is 635 g/mol. The third kappa shape index (κ3) is 4.43. The number of hydrogen-bond donors (Lipinski definition) is 0. The third-order valence-electron chi connectivity index (χ3n) is 12.0. The first-order chi connectivity index (χ1) is 25.6. The second-order valence-corrected chi connectivity index (χ2v) is 14.9. The van der Waals surface area contributed by atoms with Gasteiger partial charge in [-0.25, -0.2) is 15.0 Å². The van der Waals surface area contributed by atoms with Crippen LogP contribution in [0.3, 0.4) is 0 Å². The van der Waals surface area contributed by atoms with Crippen molar-refractivity contribution >= 4 is 11.1 Å². The number of nitrogens with zero attached hydrogens (tertiary/aromatic N) is 3. The quantitative estimate of drug-likeness (QED) is 0.190. The van der Waals surface area contributed by atoms with E-state index in [0.29, 0.717) is 11.6 Å². The Kier molecular flexibility index (Phi) is 7.04. The summed E-state index contributed by atoms with van der Waals surface area (Å²) in [5.41, 5.74) is 11.5. The molecule has 5 aromatic rings. The molecule has 52 heavy (non-hydrogen) atoms. The van der Waals surface area contributed by atoms with E-state index in [-0.39, 0.29) is 11.3 Å². The molecule has 10 rings (SSSR count). The van der Waals surface area contributed by atoms with Crippen molar-refractivity contribution < 1.29 is 4.74 Å². The fourth-order valence-electron chi connectivity index (χ4n) is 9.52. The molecule has 0 bridgehead atoms. The minimum absolute atomic E-state index is 0.120. The van der Waals surface area contributed by atoms with Crippen LogP contribution >= 0.6 is 0 Å². The van der Waals surface area contributed by atoms with Crippen LogP contribution in [0.4, 0.5) is 0 Å². The molecule has 0 N–H and O–H groups in total. The van der Waals surface area contributed by atoms with Crippen LogP contribution in [-0.2, 0) is 10.2 Å². The maximum Gasteiger partial charge on any atom is 0.164 e. The van der Waals surface area contributed by atoms with E-state index in [0.717, 1.165) is 70.9 Å². The Bertz CT molecular complexity index is 2470. The number of hydrogen-bond acceptors (Lipinski definition) is 4. The topological polar surface area (TPSA) is 47.9 Å². The van der Waals surface area contributed by atoms with Gasteiger partial charge in [-0.15, -0.1) is 0 Å². The van der Waals surface area contributed by atoms with Gasteiger partial charge in [0.2, 0.25) is 0 Å². The van der Waals surface area contributed by atoms with Gasteiger partial charge in [0, 0.05) is 34.1 Å². The van der Waals surface area contributed by atoms with Crippen LogP contribution in [-0.4, -0.2) is 15.0 Å². The van der Waals surface area contributed by atoms with Crippen LogP contribution in [0, 0.1) is 11.3 Å². The zero-order valence-corrected chi connectivity index (χ0v) is 29.5. The Morgan fingerprint density at radius 2 is 1.35 bits per heavy atom. The molecule has 3 atom stereocenters. The van der Waals surface area contributed by atoms with Crippen molar-refractivity contribution in [3.05, 3.63) is 185 Å². The first-order valence-electron chi connectivity index (χ1n) is 18.5. The molecule has 4 aliphatic carbocycles. The van der Waals surface area contributed by atoms with Crippen LogP contribution in [0.1, 0.15) is 56.5 Å². The average Bonchev–Trinajstić information content (AvgIpc) is 3.50. The van der Waals surface area contributed by atoms with E-state index in [1.807, 2.05) is 18.2 Å². The van der Waals surface area contributed by atoms with Gasteiger partial charge in [-0.2, -0.15) is 0 Å². The molecule has 1 spiro atoms. The van der Waals surface area contributed by atoms with Crippen molar-refractivity contribution in [3.8, 4) is 33.9 Å². The molecule has 0 saturated heterocycles. The fourth-order valence-corrected chi connectivity index (χ4v) is 9.52. The van der Waals surface area contributed by atoms with Crippen molar-refractivity contribution in [2.45, 2.75) is 44.9 Å². The number of rotatable bonds is 4. The summed E-state index contributed by atoms with van der Waals surface area (Å²) >= 11 is 0. The summed E-state index contributed by atoms with van der Waals surface area (Å²) in [6.45, 7) is 4.70. The molecule has 4 aromatic carbocycles. The Morgan fingerprint density at radius 1 is 0.673 bits per heavy atom. The van der Waals surface area contributed by atoms with Crippen LogP contribution in [0.5, 0.6) is 0 Å². The molecule has 1 aromatic heterocycles. The fraction of sp³-hybridized carbons (Fsp3) is 0.188.